The van der Waals surface area contributed by atoms with Crippen LogP contribution < -0.4 is 5.32 Å². The molecule has 2 rings (SSSR count). The normalized spacial score (nSPS) is 10.2. The molecule has 0 aliphatic carbocycles. The molecule has 0 fully saturated rings. The molecule has 0 heterocycles. The molecular formula is C14H11Cl2NO2. The average molecular weight is 296 g/mol. The van der Waals surface area contributed by atoms with Crippen LogP contribution in [0.3, 0.4) is 0 Å². The van der Waals surface area contributed by atoms with Crippen LogP contribution in [-0.2, 0) is 6.54 Å². The molecule has 2 aromatic carbocycles. The maximum absolute atomic E-state index is 11.1. The van der Waals surface area contributed by atoms with Crippen LogP contribution in [-0.4, -0.2) is 11.1 Å². The second-order valence-corrected chi connectivity index (χ2v) is 4.78. The van der Waals surface area contributed by atoms with Gasteiger partial charge >= 0.3 is 5.97 Å². The summed E-state index contributed by atoms with van der Waals surface area (Å²) in [5.74, 6) is -1.02. The van der Waals surface area contributed by atoms with Gasteiger partial charge in [0, 0.05) is 22.3 Å². The van der Waals surface area contributed by atoms with Crippen molar-refractivity contribution in [1.29, 1.82) is 0 Å². The first-order valence-electron chi connectivity index (χ1n) is 5.58. The number of hydrogen-bond donors (Lipinski definition) is 2. The van der Waals surface area contributed by atoms with Gasteiger partial charge < -0.3 is 10.4 Å². The van der Waals surface area contributed by atoms with Crippen molar-refractivity contribution in [1.82, 2.24) is 0 Å². The summed E-state index contributed by atoms with van der Waals surface area (Å²) in [7, 11) is 0. The van der Waals surface area contributed by atoms with Gasteiger partial charge in [-0.15, -0.1) is 0 Å². The second kappa shape index (κ2) is 5.95. The number of carboxylic acids is 1. The third kappa shape index (κ3) is 3.40. The molecule has 3 nitrogen and oxygen atoms in total. The Bertz CT molecular complexity index is 614. The van der Waals surface area contributed by atoms with Crippen molar-refractivity contribution in [3.05, 3.63) is 63.6 Å². The monoisotopic (exact) mass is 295 g/mol. The number of aromatic carboxylic acids is 1. The molecule has 19 heavy (non-hydrogen) atoms. The molecule has 0 bridgehead atoms. The minimum absolute atomic E-state index is 0.138. The van der Waals surface area contributed by atoms with Gasteiger partial charge in [-0.3, -0.25) is 0 Å². The first-order chi connectivity index (χ1) is 9.08. The molecule has 0 saturated carbocycles. The van der Waals surface area contributed by atoms with Crippen molar-refractivity contribution in [2.24, 2.45) is 0 Å². The van der Waals surface area contributed by atoms with Gasteiger partial charge in [-0.05, 0) is 29.8 Å². The highest BCUT2D eigenvalue weighted by Crippen LogP contribution is 2.22. The van der Waals surface area contributed by atoms with Crippen molar-refractivity contribution >= 4 is 34.9 Å². The van der Waals surface area contributed by atoms with Crippen molar-refractivity contribution in [2.75, 3.05) is 5.32 Å². The Hall–Kier alpha value is -1.71. The largest absolute Gasteiger partial charge is 0.478 e. The van der Waals surface area contributed by atoms with Gasteiger partial charge in [-0.25, -0.2) is 4.79 Å². The maximum Gasteiger partial charge on any atom is 0.337 e. The molecule has 0 atom stereocenters. The van der Waals surface area contributed by atoms with Crippen LogP contribution >= 0.6 is 23.2 Å². The third-order valence-electron chi connectivity index (χ3n) is 2.64. The van der Waals surface area contributed by atoms with Gasteiger partial charge in [-0.1, -0.05) is 41.4 Å². The van der Waals surface area contributed by atoms with Crippen LogP contribution in [0, 0.1) is 0 Å². The first-order valence-corrected chi connectivity index (χ1v) is 6.33. The molecule has 0 saturated heterocycles. The molecule has 0 aromatic heterocycles. The molecule has 5 heteroatoms. The Morgan fingerprint density at radius 1 is 1.16 bits per heavy atom. The summed E-state index contributed by atoms with van der Waals surface area (Å²) in [4.78, 5) is 11.1. The number of nitrogens with one attached hydrogen (secondary N) is 1. The van der Waals surface area contributed by atoms with E-state index in [9.17, 15) is 4.79 Å². The summed E-state index contributed by atoms with van der Waals surface area (Å²) in [6, 6.07) is 12.1. The van der Waals surface area contributed by atoms with E-state index < -0.39 is 5.97 Å². The van der Waals surface area contributed by atoms with E-state index >= 15 is 0 Å². The van der Waals surface area contributed by atoms with E-state index in [0.29, 0.717) is 22.3 Å². The zero-order valence-corrected chi connectivity index (χ0v) is 11.4. The number of carboxylic acid groups (broad SMARTS) is 1. The maximum atomic E-state index is 11.1. The highest BCUT2D eigenvalue weighted by molar-refractivity contribution is 6.31. The zero-order chi connectivity index (χ0) is 13.8. The molecule has 98 valence electrons. The Labute approximate surface area is 120 Å². The summed E-state index contributed by atoms with van der Waals surface area (Å²) in [6.45, 7) is 0.446. The van der Waals surface area contributed by atoms with Crippen LogP contribution in [0.15, 0.2) is 42.5 Å². The highest BCUT2D eigenvalue weighted by atomic mass is 35.5. The number of anilines is 1. The van der Waals surface area contributed by atoms with Crippen LogP contribution in [0.25, 0.3) is 0 Å². The fraction of sp³-hybridized carbons (Fsp3) is 0.0714. The molecule has 2 N–H and O–H groups in total. The highest BCUT2D eigenvalue weighted by Gasteiger charge is 2.10. The van der Waals surface area contributed by atoms with Crippen LogP contribution in [0.4, 0.5) is 5.69 Å². The summed E-state index contributed by atoms with van der Waals surface area (Å²) in [6.07, 6.45) is 0. The molecule has 0 aliphatic heterocycles. The lowest BCUT2D eigenvalue weighted by Gasteiger charge is -2.11. The number of rotatable bonds is 4. The van der Waals surface area contributed by atoms with E-state index in [-0.39, 0.29) is 5.56 Å². The number of hydrogen-bond acceptors (Lipinski definition) is 2. The Balaban J connectivity index is 2.20. The van der Waals surface area contributed by atoms with Gasteiger partial charge in [0.05, 0.1) is 5.56 Å². The molecular weight excluding hydrogens is 285 g/mol. The SMILES string of the molecule is O=C(O)c1cc(Cl)ccc1NCc1ccccc1Cl. The predicted octanol–water partition coefficient (Wildman–Crippen LogP) is 4.30. The summed E-state index contributed by atoms with van der Waals surface area (Å²) in [5.41, 5.74) is 1.55. The quantitative estimate of drug-likeness (QED) is 0.884. The van der Waals surface area contributed by atoms with Gasteiger partial charge in [0.1, 0.15) is 0 Å². The number of benzene rings is 2. The topological polar surface area (TPSA) is 49.3 Å². The molecule has 0 aliphatic rings. The summed E-state index contributed by atoms with van der Waals surface area (Å²) in [5, 5.41) is 13.2. The van der Waals surface area contributed by atoms with Gasteiger partial charge in [0.2, 0.25) is 0 Å². The van der Waals surface area contributed by atoms with Gasteiger partial charge in [-0.2, -0.15) is 0 Å². The van der Waals surface area contributed by atoms with E-state index in [0.717, 1.165) is 5.56 Å². The number of halogens is 2. The van der Waals surface area contributed by atoms with Crippen LogP contribution in [0.2, 0.25) is 10.0 Å². The average Bonchev–Trinajstić information content (AvgIpc) is 2.38. The van der Waals surface area contributed by atoms with Crippen molar-refractivity contribution in [2.45, 2.75) is 6.54 Å². The molecule has 0 unspecified atom stereocenters. The lowest BCUT2D eigenvalue weighted by Crippen LogP contribution is -2.06. The Morgan fingerprint density at radius 2 is 1.89 bits per heavy atom. The summed E-state index contributed by atoms with van der Waals surface area (Å²) >= 11 is 11.8. The molecule has 0 spiro atoms. The number of carbonyl (C=O) groups is 1. The van der Waals surface area contributed by atoms with Crippen LogP contribution in [0.5, 0.6) is 0 Å². The standard InChI is InChI=1S/C14H11Cl2NO2/c15-10-5-6-13(11(7-10)14(18)19)17-8-9-3-1-2-4-12(9)16/h1-7,17H,8H2,(H,18,19). The minimum atomic E-state index is -1.02. The summed E-state index contributed by atoms with van der Waals surface area (Å²) < 4.78 is 0. The Kier molecular flexibility index (Phi) is 4.30. The molecule has 0 radical (unpaired) electrons. The van der Waals surface area contributed by atoms with E-state index in [1.54, 1.807) is 18.2 Å². The Morgan fingerprint density at radius 3 is 2.58 bits per heavy atom. The van der Waals surface area contributed by atoms with E-state index in [1.165, 1.54) is 6.07 Å². The van der Waals surface area contributed by atoms with E-state index in [4.69, 9.17) is 28.3 Å². The minimum Gasteiger partial charge on any atom is -0.478 e. The van der Waals surface area contributed by atoms with Crippen molar-refractivity contribution in [3.63, 3.8) is 0 Å². The lowest BCUT2D eigenvalue weighted by molar-refractivity contribution is 0.0698. The third-order valence-corrected chi connectivity index (χ3v) is 3.24. The van der Waals surface area contributed by atoms with Crippen molar-refractivity contribution < 1.29 is 9.90 Å². The van der Waals surface area contributed by atoms with Gasteiger partial charge in [0.15, 0.2) is 0 Å². The van der Waals surface area contributed by atoms with E-state index in [1.807, 2.05) is 18.2 Å². The predicted molar refractivity (Wildman–Crippen MR) is 77.2 cm³/mol. The smallest absolute Gasteiger partial charge is 0.337 e. The van der Waals surface area contributed by atoms with Crippen molar-refractivity contribution in [3.8, 4) is 0 Å². The molecule has 2 aromatic rings. The fourth-order valence-corrected chi connectivity index (χ4v) is 2.05. The molecule has 0 amide bonds. The van der Waals surface area contributed by atoms with E-state index in [2.05, 4.69) is 5.32 Å². The first kappa shape index (κ1) is 13.7. The second-order valence-electron chi connectivity index (χ2n) is 3.94. The van der Waals surface area contributed by atoms with Crippen LogP contribution in [0.1, 0.15) is 15.9 Å². The fourth-order valence-electron chi connectivity index (χ4n) is 1.68. The zero-order valence-electron chi connectivity index (χ0n) is 9.86. The lowest BCUT2D eigenvalue weighted by atomic mass is 10.1. The van der Waals surface area contributed by atoms with Gasteiger partial charge in [0.25, 0.3) is 0 Å².